The molecule has 0 spiro atoms. The Balaban J connectivity index is 1.45. The molecular formula is C22H23ClFN4O3+. The summed E-state index contributed by atoms with van der Waals surface area (Å²) in [6, 6.07) is 11.9. The van der Waals surface area contributed by atoms with Crippen LogP contribution in [-0.2, 0) is 9.53 Å². The van der Waals surface area contributed by atoms with E-state index in [2.05, 4.69) is 10.3 Å². The van der Waals surface area contributed by atoms with E-state index in [4.69, 9.17) is 16.3 Å². The average molecular weight is 446 g/mol. The lowest BCUT2D eigenvalue weighted by Crippen LogP contribution is -3.15. The average Bonchev–Trinajstić information content (AvgIpc) is 3.13. The monoisotopic (exact) mass is 445 g/mol. The van der Waals surface area contributed by atoms with E-state index in [0.29, 0.717) is 53.5 Å². The molecule has 2 heterocycles. The lowest BCUT2D eigenvalue weighted by molar-refractivity contribution is -0.892. The minimum absolute atomic E-state index is 0.151. The third-order valence-corrected chi connectivity index (χ3v) is 5.82. The number of para-hydroxylation sites is 1. The number of piperazine rings is 1. The molecule has 1 saturated heterocycles. The van der Waals surface area contributed by atoms with Gasteiger partial charge in [0.05, 0.1) is 49.7 Å². The number of halogens is 2. The van der Waals surface area contributed by atoms with Crippen LogP contribution in [0.3, 0.4) is 0 Å². The summed E-state index contributed by atoms with van der Waals surface area (Å²) in [6.07, 6.45) is 0. The second-order valence-corrected chi connectivity index (χ2v) is 7.85. The Morgan fingerprint density at radius 3 is 2.65 bits per heavy atom. The zero-order chi connectivity index (χ0) is 22.0. The van der Waals surface area contributed by atoms with Crippen molar-refractivity contribution in [2.75, 3.05) is 50.1 Å². The summed E-state index contributed by atoms with van der Waals surface area (Å²) in [5.74, 6) is -1.07. The Hall–Kier alpha value is -3.10. The van der Waals surface area contributed by atoms with Gasteiger partial charge < -0.3 is 24.8 Å². The van der Waals surface area contributed by atoms with Crippen molar-refractivity contribution in [2.45, 2.75) is 0 Å². The van der Waals surface area contributed by atoms with Crippen molar-refractivity contribution in [1.29, 1.82) is 0 Å². The van der Waals surface area contributed by atoms with Gasteiger partial charge in [0.1, 0.15) is 11.5 Å². The molecule has 2 aromatic carbocycles. The van der Waals surface area contributed by atoms with Crippen LogP contribution in [0, 0.1) is 5.82 Å². The van der Waals surface area contributed by atoms with Gasteiger partial charge in [0.25, 0.3) is 5.91 Å². The summed E-state index contributed by atoms with van der Waals surface area (Å²) in [5.41, 5.74) is 1.69. The van der Waals surface area contributed by atoms with Gasteiger partial charge in [-0.05, 0) is 24.3 Å². The Kier molecular flexibility index (Phi) is 6.11. The van der Waals surface area contributed by atoms with E-state index in [1.54, 1.807) is 30.3 Å². The van der Waals surface area contributed by atoms with Crippen LogP contribution >= 0.6 is 11.6 Å². The molecule has 1 aromatic heterocycles. The van der Waals surface area contributed by atoms with Crippen molar-refractivity contribution in [3.63, 3.8) is 0 Å². The molecule has 0 atom stereocenters. The SMILES string of the molecule is COC(=O)c1[nH]c2cccc(Cl)c2c1NC(=O)C[NH+]1CCN(c2ccccc2F)CC1. The maximum Gasteiger partial charge on any atom is 0.356 e. The largest absolute Gasteiger partial charge is 0.464 e. The first kappa shape index (κ1) is 21.1. The quantitative estimate of drug-likeness (QED) is 0.525. The number of benzene rings is 2. The van der Waals surface area contributed by atoms with Crippen LogP contribution in [0.15, 0.2) is 42.5 Å². The third kappa shape index (κ3) is 4.35. The number of amides is 1. The van der Waals surface area contributed by atoms with E-state index >= 15 is 0 Å². The fraction of sp³-hybridized carbons (Fsp3) is 0.273. The maximum absolute atomic E-state index is 14.0. The van der Waals surface area contributed by atoms with E-state index in [-0.39, 0.29) is 24.0 Å². The lowest BCUT2D eigenvalue weighted by atomic mass is 10.2. The van der Waals surface area contributed by atoms with Gasteiger partial charge in [-0.2, -0.15) is 0 Å². The molecule has 0 saturated carbocycles. The van der Waals surface area contributed by atoms with E-state index in [0.717, 1.165) is 4.90 Å². The first-order chi connectivity index (χ1) is 15.0. The van der Waals surface area contributed by atoms with Gasteiger partial charge in [-0.25, -0.2) is 9.18 Å². The van der Waals surface area contributed by atoms with E-state index < -0.39 is 5.97 Å². The van der Waals surface area contributed by atoms with Crippen molar-refractivity contribution in [2.24, 2.45) is 0 Å². The summed E-state index contributed by atoms with van der Waals surface area (Å²) in [4.78, 5) is 31.0. The van der Waals surface area contributed by atoms with Crippen molar-refractivity contribution in [1.82, 2.24) is 4.98 Å². The molecule has 7 nitrogen and oxygen atoms in total. The van der Waals surface area contributed by atoms with Gasteiger partial charge in [-0.3, -0.25) is 4.79 Å². The normalized spacial score (nSPS) is 14.6. The smallest absolute Gasteiger partial charge is 0.356 e. The number of nitrogens with one attached hydrogen (secondary N) is 3. The Morgan fingerprint density at radius 2 is 1.94 bits per heavy atom. The highest BCUT2D eigenvalue weighted by Crippen LogP contribution is 2.33. The van der Waals surface area contributed by atoms with Crippen molar-refractivity contribution >= 4 is 45.8 Å². The number of hydrogen-bond acceptors (Lipinski definition) is 4. The van der Waals surface area contributed by atoms with Crippen molar-refractivity contribution in [3.05, 3.63) is 59.0 Å². The van der Waals surface area contributed by atoms with E-state index in [9.17, 15) is 14.0 Å². The Morgan fingerprint density at radius 1 is 1.19 bits per heavy atom. The zero-order valence-corrected chi connectivity index (χ0v) is 17.8. The number of fused-ring (bicyclic) bond motifs is 1. The summed E-state index contributed by atoms with van der Waals surface area (Å²) in [5, 5.41) is 3.83. The first-order valence-electron chi connectivity index (χ1n) is 9.99. The summed E-state index contributed by atoms with van der Waals surface area (Å²) >= 11 is 6.32. The number of H-pyrrole nitrogens is 1. The number of ether oxygens (including phenoxy) is 1. The zero-order valence-electron chi connectivity index (χ0n) is 17.0. The highest BCUT2D eigenvalue weighted by atomic mass is 35.5. The molecule has 3 N–H and O–H groups in total. The number of hydrogen-bond donors (Lipinski definition) is 3. The number of carbonyl (C=O) groups excluding carboxylic acids is 2. The van der Waals surface area contributed by atoms with Gasteiger partial charge in [-0.15, -0.1) is 0 Å². The molecule has 0 radical (unpaired) electrons. The molecule has 1 amide bonds. The predicted molar refractivity (Wildman–Crippen MR) is 117 cm³/mol. The molecule has 1 fully saturated rings. The van der Waals surface area contributed by atoms with Gasteiger partial charge in [0, 0.05) is 10.9 Å². The minimum Gasteiger partial charge on any atom is -0.464 e. The van der Waals surface area contributed by atoms with Gasteiger partial charge in [-0.1, -0.05) is 29.8 Å². The summed E-state index contributed by atoms with van der Waals surface area (Å²) in [6.45, 7) is 2.91. The van der Waals surface area contributed by atoms with E-state index in [1.165, 1.54) is 13.2 Å². The third-order valence-electron chi connectivity index (χ3n) is 5.50. The summed E-state index contributed by atoms with van der Waals surface area (Å²) in [7, 11) is 1.28. The minimum atomic E-state index is -0.589. The molecule has 1 aliphatic rings. The molecule has 0 unspecified atom stereocenters. The van der Waals surface area contributed by atoms with Crippen molar-refractivity contribution in [3.8, 4) is 0 Å². The second kappa shape index (κ2) is 8.95. The van der Waals surface area contributed by atoms with Crippen LogP contribution in [-0.4, -0.2) is 56.7 Å². The van der Waals surface area contributed by atoms with Crippen LogP contribution in [0.5, 0.6) is 0 Å². The molecule has 0 aliphatic carbocycles. The highest BCUT2D eigenvalue weighted by molar-refractivity contribution is 6.37. The number of anilines is 2. The molecule has 162 valence electrons. The fourth-order valence-electron chi connectivity index (χ4n) is 3.94. The Labute approximate surface area is 183 Å². The van der Waals surface area contributed by atoms with Crippen LogP contribution in [0.25, 0.3) is 10.9 Å². The molecule has 4 rings (SSSR count). The molecule has 1 aliphatic heterocycles. The number of quaternary nitrogens is 1. The molecule has 0 bridgehead atoms. The van der Waals surface area contributed by atoms with E-state index in [1.807, 2.05) is 11.0 Å². The number of aromatic amines is 1. The Bertz CT molecular complexity index is 1130. The van der Waals surface area contributed by atoms with Crippen molar-refractivity contribution < 1.29 is 23.6 Å². The molecular weight excluding hydrogens is 423 g/mol. The van der Waals surface area contributed by atoms with Crippen LogP contribution in [0.2, 0.25) is 5.02 Å². The van der Waals surface area contributed by atoms with Crippen LogP contribution < -0.4 is 15.1 Å². The number of methoxy groups -OCH3 is 1. The maximum atomic E-state index is 14.0. The number of rotatable bonds is 5. The van der Waals surface area contributed by atoms with Crippen LogP contribution in [0.1, 0.15) is 10.5 Å². The molecule has 9 heteroatoms. The number of carbonyl (C=O) groups is 2. The summed E-state index contributed by atoms with van der Waals surface area (Å²) < 4.78 is 18.9. The van der Waals surface area contributed by atoms with Crippen LogP contribution in [0.4, 0.5) is 15.8 Å². The van der Waals surface area contributed by atoms with Gasteiger partial charge in [0.2, 0.25) is 0 Å². The predicted octanol–water partition coefficient (Wildman–Crippen LogP) is 2.09. The lowest BCUT2D eigenvalue weighted by Gasteiger charge is -2.33. The van der Waals surface area contributed by atoms with Gasteiger partial charge in [0.15, 0.2) is 6.54 Å². The second-order valence-electron chi connectivity index (χ2n) is 7.44. The van der Waals surface area contributed by atoms with Gasteiger partial charge >= 0.3 is 5.97 Å². The number of esters is 1. The standard InChI is InChI=1S/C22H22ClFN4O3/c1-31-22(30)21-20(19-14(23)5-4-7-16(19)25-21)26-18(29)13-27-9-11-28(12-10-27)17-8-3-2-6-15(17)24/h2-8,25H,9-13H2,1H3,(H,26,29)/p+1. The number of aromatic nitrogens is 1. The fourth-order valence-corrected chi connectivity index (χ4v) is 4.21. The molecule has 3 aromatic rings. The molecule has 31 heavy (non-hydrogen) atoms. The topological polar surface area (TPSA) is 78.9 Å². The number of nitrogens with zero attached hydrogens (tertiary/aromatic N) is 1. The highest BCUT2D eigenvalue weighted by Gasteiger charge is 2.26. The first-order valence-corrected chi connectivity index (χ1v) is 10.4.